The molecule has 0 spiro atoms. The summed E-state index contributed by atoms with van der Waals surface area (Å²) >= 11 is 0. The Balaban J connectivity index is 2.43. The molecule has 0 aliphatic carbocycles. The SMILES string of the molecule is N#CC1=CN=C2N=C(N)NC(=O)C12. The molecule has 0 aromatic rings. The summed E-state index contributed by atoms with van der Waals surface area (Å²) in [5.74, 6) is -0.709. The van der Waals surface area contributed by atoms with Gasteiger partial charge in [0.25, 0.3) is 0 Å². The number of rotatable bonds is 0. The molecular formula is C7H5N5O. The van der Waals surface area contributed by atoms with Crippen LogP contribution < -0.4 is 11.1 Å². The highest BCUT2D eigenvalue weighted by Gasteiger charge is 2.35. The molecule has 2 aliphatic heterocycles. The predicted octanol–water partition coefficient (Wildman–Crippen LogP) is -1.13. The zero-order chi connectivity index (χ0) is 9.42. The van der Waals surface area contributed by atoms with Crippen molar-refractivity contribution in [1.82, 2.24) is 5.32 Å². The predicted molar refractivity (Wildman–Crippen MR) is 44.4 cm³/mol. The van der Waals surface area contributed by atoms with Crippen LogP contribution in [0.2, 0.25) is 0 Å². The summed E-state index contributed by atoms with van der Waals surface area (Å²) in [4.78, 5) is 18.9. The number of carbonyl (C=O) groups excluding carboxylic acids is 1. The van der Waals surface area contributed by atoms with Crippen molar-refractivity contribution in [2.24, 2.45) is 21.6 Å². The number of amidine groups is 1. The van der Waals surface area contributed by atoms with Crippen LogP contribution in [0.4, 0.5) is 0 Å². The molecule has 0 aromatic heterocycles. The van der Waals surface area contributed by atoms with Crippen molar-refractivity contribution >= 4 is 17.7 Å². The third-order valence-electron chi connectivity index (χ3n) is 1.78. The summed E-state index contributed by atoms with van der Waals surface area (Å²) in [5.41, 5.74) is 5.59. The maximum atomic E-state index is 11.3. The fourth-order valence-electron chi connectivity index (χ4n) is 1.22. The molecule has 2 heterocycles. The Morgan fingerprint density at radius 3 is 3.15 bits per heavy atom. The van der Waals surface area contributed by atoms with Gasteiger partial charge in [-0.1, -0.05) is 0 Å². The summed E-state index contributed by atoms with van der Waals surface area (Å²) in [7, 11) is 0. The maximum Gasteiger partial charge on any atom is 0.242 e. The molecule has 6 nitrogen and oxygen atoms in total. The molecule has 64 valence electrons. The van der Waals surface area contributed by atoms with Crippen LogP contribution in [0, 0.1) is 17.2 Å². The van der Waals surface area contributed by atoms with Crippen LogP contribution in [0.5, 0.6) is 0 Å². The number of nitrogens with two attached hydrogens (primary N) is 1. The van der Waals surface area contributed by atoms with Gasteiger partial charge in [-0.2, -0.15) is 10.3 Å². The number of amides is 1. The molecule has 13 heavy (non-hydrogen) atoms. The molecule has 0 fully saturated rings. The summed E-state index contributed by atoms with van der Waals surface area (Å²) in [6, 6.07) is 1.88. The molecule has 1 amide bonds. The zero-order valence-electron chi connectivity index (χ0n) is 6.48. The van der Waals surface area contributed by atoms with Crippen LogP contribution in [0.25, 0.3) is 0 Å². The van der Waals surface area contributed by atoms with Crippen molar-refractivity contribution in [3.8, 4) is 6.07 Å². The minimum absolute atomic E-state index is 0.0209. The van der Waals surface area contributed by atoms with Crippen LogP contribution in [-0.2, 0) is 4.79 Å². The second kappa shape index (κ2) is 2.42. The van der Waals surface area contributed by atoms with Crippen LogP contribution in [0.15, 0.2) is 21.8 Å². The second-order valence-electron chi connectivity index (χ2n) is 2.60. The Morgan fingerprint density at radius 2 is 2.46 bits per heavy atom. The molecule has 0 bridgehead atoms. The Hall–Kier alpha value is -2.16. The fourth-order valence-corrected chi connectivity index (χ4v) is 1.22. The topological polar surface area (TPSA) is 104 Å². The molecule has 1 unspecified atom stereocenters. The number of fused-ring (bicyclic) bond motifs is 1. The lowest BCUT2D eigenvalue weighted by Crippen LogP contribution is -2.47. The first kappa shape index (κ1) is 7.49. The van der Waals surface area contributed by atoms with E-state index in [4.69, 9.17) is 11.0 Å². The van der Waals surface area contributed by atoms with E-state index in [1.807, 2.05) is 6.07 Å². The molecule has 2 aliphatic rings. The van der Waals surface area contributed by atoms with Crippen molar-refractivity contribution in [3.05, 3.63) is 11.8 Å². The van der Waals surface area contributed by atoms with E-state index in [0.29, 0.717) is 5.57 Å². The molecule has 2 rings (SSSR count). The zero-order valence-corrected chi connectivity index (χ0v) is 6.48. The lowest BCUT2D eigenvalue weighted by atomic mass is 10.00. The number of nitrogens with zero attached hydrogens (tertiary/aromatic N) is 3. The average molecular weight is 175 g/mol. The van der Waals surface area contributed by atoms with Gasteiger partial charge in [0.2, 0.25) is 11.9 Å². The lowest BCUT2D eigenvalue weighted by molar-refractivity contribution is -0.120. The van der Waals surface area contributed by atoms with E-state index in [-0.39, 0.29) is 17.7 Å². The van der Waals surface area contributed by atoms with Gasteiger partial charge in [0.05, 0.1) is 11.6 Å². The molecule has 0 saturated carbocycles. The van der Waals surface area contributed by atoms with E-state index in [9.17, 15) is 4.79 Å². The number of hydrogen-bond donors (Lipinski definition) is 2. The van der Waals surface area contributed by atoms with Gasteiger partial charge in [-0.15, -0.1) is 0 Å². The summed E-state index contributed by atoms with van der Waals surface area (Å²) in [6.45, 7) is 0. The highest BCUT2D eigenvalue weighted by molar-refractivity contribution is 6.19. The Labute approximate surface area is 73.5 Å². The van der Waals surface area contributed by atoms with Gasteiger partial charge in [-0.25, -0.2) is 4.99 Å². The highest BCUT2D eigenvalue weighted by Crippen LogP contribution is 2.22. The van der Waals surface area contributed by atoms with Crippen molar-refractivity contribution in [2.75, 3.05) is 0 Å². The number of hydrogen-bond acceptors (Lipinski definition) is 5. The smallest absolute Gasteiger partial charge is 0.242 e. The van der Waals surface area contributed by atoms with E-state index in [1.165, 1.54) is 6.20 Å². The first-order chi connectivity index (χ1) is 6.22. The van der Waals surface area contributed by atoms with Crippen LogP contribution in [-0.4, -0.2) is 17.7 Å². The van der Waals surface area contributed by atoms with E-state index in [1.54, 1.807) is 0 Å². The number of nitriles is 1. The van der Waals surface area contributed by atoms with Crippen molar-refractivity contribution in [2.45, 2.75) is 0 Å². The lowest BCUT2D eigenvalue weighted by Gasteiger charge is -2.16. The van der Waals surface area contributed by atoms with E-state index in [0.717, 1.165) is 0 Å². The van der Waals surface area contributed by atoms with E-state index in [2.05, 4.69) is 15.3 Å². The minimum atomic E-state index is -0.669. The first-order valence-corrected chi connectivity index (χ1v) is 3.55. The third kappa shape index (κ3) is 0.980. The van der Waals surface area contributed by atoms with Crippen molar-refractivity contribution in [1.29, 1.82) is 5.26 Å². The van der Waals surface area contributed by atoms with Gasteiger partial charge in [-0.05, 0) is 0 Å². The molecule has 6 heteroatoms. The number of guanidine groups is 1. The van der Waals surface area contributed by atoms with Crippen molar-refractivity contribution in [3.63, 3.8) is 0 Å². The number of aliphatic imine (C=N–C) groups is 2. The third-order valence-corrected chi connectivity index (χ3v) is 1.78. The monoisotopic (exact) mass is 175 g/mol. The molecule has 1 atom stereocenters. The van der Waals surface area contributed by atoms with Gasteiger partial charge in [0, 0.05) is 6.20 Å². The summed E-state index contributed by atoms with van der Waals surface area (Å²) in [5, 5.41) is 11.0. The average Bonchev–Trinajstić information content (AvgIpc) is 2.47. The van der Waals surface area contributed by atoms with Crippen LogP contribution in [0.1, 0.15) is 0 Å². The fraction of sp³-hybridized carbons (Fsp3) is 0.143. The minimum Gasteiger partial charge on any atom is -0.369 e. The molecule has 0 aromatic carbocycles. The van der Waals surface area contributed by atoms with Crippen molar-refractivity contribution < 1.29 is 4.79 Å². The Morgan fingerprint density at radius 1 is 1.69 bits per heavy atom. The normalized spacial score (nSPS) is 25.0. The van der Waals surface area contributed by atoms with Crippen LogP contribution >= 0.6 is 0 Å². The summed E-state index contributed by atoms with van der Waals surface area (Å²) in [6.07, 6.45) is 1.34. The Bertz CT molecular complexity index is 411. The number of nitrogens with one attached hydrogen (secondary N) is 1. The quantitative estimate of drug-likeness (QED) is 0.486. The number of carbonyl (C=O) groups is 1. The molecule has 0 saturated heterocycles. The van der Waals surface area contributed by atoms with E-state index >= 15 is 0 Å². The van der Waals surface area contributed by atoms with Gasteiger partial charge < -0.3 is 5.73 Å². The largest absolute Gasteiger partial charge is 0.369 e. The standard InChI is InChI=1S/C7H5N5O/c8-1-3-2-10-5-4(3)6(13)12-7(9)11-5/h2,4H,(H3,9,10,11,12,13). The summed E-state index contributed by atoms with van der Waals surface area (Å²) < 4.78 is 0. The molecular weight excluding hydrogens is 170 g/mol. The van der Waals surface area contributed by atoms with Gasteiger partial charge >= 0.3 is 0 Å². The van der Waals surface area contributed by atoms with Crippen LogP contribution in [0.3, 0.4) is 0 Å². The second-order valence-corrected chi connectivity index (χ2v) is 2.60. The van der Waals surface area contributed by atoms with E-state index < -0.39 is 5.92 Å². The van der Waals surface area contributed by atoms with Gasteiger partial charge in [0.15, 0.2) is 0 Å². The molecule has 0 radical (unpaired) electrons. The molecule has 3 N–H and O–H groups in total. The highest BCUT2D eigenvalue weighted by atomic mass is 16.2. The first-order valence-electron chi connectivity index (χ1n) is 3.55. The Kier molecular flexibility index (Phi) is 1.39. The van der Waals surface area contributed by atoms with Gasteiger partial charge in [0.1, 0.15) is 11.8 Å². The van der Waals surface area contributed by atoms with Gasteiger partial charge in [-0.3, -0.25) is 10.1 Å². The maximum absolute atomic E-state index is 11.3.